The lowest BCUT2D eigenvalue weighted by atomic mass is 10.1. The first-order valence-electron chi connectivity index (χ1n) is 7.81. The summed E-state index contributed by atoms with van der Waals surface area (Å²) in [5.74, 6) is -0.467. The molecule has 136 valence electrons. The quantitative estimate of drug-likeness (QED) is 0.595. The molecule has 26 heavy (non-hydrogen) atoms. The van der Waals surface area contributed by atoms with Crippen molar-refractivity contribution < 1.29 is 18.0 Å². The highest BCUT2D eigenvalue weighted by atomic mass is 19.4. The normalized spacial score (nSPS) is 12.2. The lowest BCUT2D eigenvalue weighted by Crippen LogP contribution is -2.26. The molecule has 7 heteroatoms. The van der Waals surface area contributed by atoms with Crippen LogP contribution in [0.3, 0.4) is 0 Å². The van der Waals surface area contributed by atoms with Gasteiger partial charge in [0.1, 0.15) is 0 Å². The van der Waals surface area contributed by atoms with Crippen molar-refractivity contribution in [3.8, 4) is 0 Å². The van der Waals surface area contributed by atoms with E-state index in [0.717, 1.165) is 23.3 Å². The van der Waals surface area contributed by atoms with E-state index in [1.807, 2.05) is 43.3 Å². The number of rotatable bonds is 6. The highest BCUT2D eigenvalue weighted by molar-refractivity contribution is 5.87. The number of halogens is 3. The van der Waals surface area contributed by atoms with Gasteiger partial charge in [-0.25, -0.2) is 5.43 Å². The van der Waals surface area contributed by atoms with Gasteiger partial charge in [0.15, 0.2) is 0 Å². The van der Waals surface area contributed by atoms with Gasteiger partial charge in [0.25, 0.3) is 5.91 Å². The Labute approximate surface area is 149 Å². The van der Waals surface area contributed by atoms with Gasteiger partial charge in [0, 0.05) is 5.69 Å². The number of hydrazone groups is 1. The predicted molar refractivity (Wildman–Crippen MR) is 96.7 cm³/mol. The van der Waals surface area contributed by atoms with Crippen molar-refractivity contribution in [3.05, 3.63) is 71.3 Å². The summed E-state index contributed by atoms with van der Waals surface area (Å²) in [5.41, 5.74) is 3.60. The lowest BCUT2D eigenvalue weighted by Gasteiger charge is -2.10. The summed E-state index contributed by atoms with van der Waals surface area (Å²) < 4.78 is 37.9. The van der Waals surface area contributed by atoms with E-state index in [9.17, 15) is 18.0 Å². The van der Waals surface area contributed by atoms with Crippen LogP contribution in [0.4, 0.5) is 18.9 Å². The molecular weight excluding hydrogens is 343 g/mol. The summed E-state index contributed by atoms with van der Waals surface area (Å²) in [5, 5.41) is 6.46. The molecule has 0 aliphatic carbocycles. The molecule has 0 fully saturated rings. The van der Waals surface area contributed by atoms with Crippen LogP contribution in [0, 0.1) is 0 Å². The zero-order chi connectivity index (χ0) is 19.0. The number of hydrogen-bond acceptors (Lipinski definition) is 3. The molecule has 2 N–H and O–H groups in total. The van der Waals surface area contributed by atoms with Gasteiger partial charge in [-0.05, 0) is 36.3 Å². The van der Waals surface area contributed by atoms with E-state index in [0.29, 0.717) is 0 Å². The van der Waals surface area contributed by atoms with Crippen molar-refractivity contribution in [2.24, 2.45) is 5.10 Å². The number of alkyl halides is 3. The van der Waals surface area contributed by atoms with Crippen molar-refractivity contribution in [2.45, 2.75) is 13.1 Å². The van der Waals surface area contributed by atoms with Gasteiger partial charge < -0.3 is 5.32 Å². The van der Waals surface area contributed by atoms with E-state index < -0.39 is 17.6 Å². The molecule has 1 amide bonds. The van der Waals surface area contributed by atoms with Crippen molar-refractivity contribution >= 4 is 23.9 Å². The zero-order valence-electron chi connectivity index (χ0n) is 14.0. The van der Waals surface area contributed by atoms with Crippen LogP contribution in [0.15, 0.2) is 65.3 Å². The van der Waals surface area contributed by atoms with E-state index in [1.165, 1.54) is 18.3 Å². The Balaban J connectivity index is 1.83. The molecule has 0 atom stereocenters. The van der Waals surface area contributed by atoms with Gasteiger partial charge in [-0.15, -0.1) is 0 Å². The Hall–Kier alpha value is -3.09. The fourth-order valence-corrected chi connectivity index (χ4v) is 2.08. The van der Waals surface area contributed by atoms with Crippen LogP contribution in [0.2, 0.25) is 0 Å². The Morgan fingerprint density at radius 2 is 1.85 bits per heavy atom. The summed E-state index contributed by atoms with van der Waals surface area (Å²) >= 11 is 0. The number of nitrogens with one attached hydrogen (secondary N) is 2. The molecule has 0 saturated heterocycles. The molecular formula is C19H18F3N3O. The highest BCUT2D eigenvalue weighted by Gasteiger charge is 2.30. The number of hydrogen-bond donors (Lipinski definition) is 2. The molecule has 0 radical (unpaired) electrons. The van der Waals surface area contributed by atoms with Gasteiger partial charge in [-0.3, -0.25) is 4.79 Å². The van der Waals surface area contributed by atoms with Crippen LogP contribution in [0.5, 0.6) is 0 Å². The highest BCUT2D eigenvalue weighted by Crippen LogP contribution is 2.30. The Morgan fingerprint density at radius 3 is 2.54 bits per heavy atom. The third-order valence-electron chi connectivity index (χ3n) is 3.29. The van der Waals surface area contributed by atoms with Gasteiger partial charge in [0.2, 0.25) is 0 Å². The van der Waals surface area contributed by atoms with E-state index in [-0.39, 0.29) is 12.2 Å². The van der Waals surface area contributed by atoms with Gasteiger partial charge in [-0.2, -0.15) is 18.3 Å². The van der Waals surface area contributed by atoms with Crippen LogP contribution < -0.4 is 10.7 Å². The molecule has 2 rings (SSSR count). The second-order valence-electron chi connectivity index (χ2n) is 5.52. The lowest BCUT2D eigenvalue weighted by molar-refractivity contribution is -0.137. The van der Waals surface area contributed by atoms with E-state index in [2.05, 4.69) is 15.8 Å². The number of carbonyl (C=O) groups is 1. The monoisotopic (exact) mass is 361 g/mol. The smallest absolute Gasteiger partial charge is 0.376 e. The SMILES string of the molecule is CC(/C=N\NC(=O)CNc1cccc(C(F)(F)F)c1)=C\c1ccccc1. The first kappa shape index (κ1) is 19.2. The standard InChI is InChI=1S/C19H18F3N3O/c1-14(10-15-6-3-2-4-7-15)12-24-25-18(26)13-23-17-9-5-8-16(11-17)19(20,21)22/h2-12,23H,13H2,1H3,(H,25,26)/b14-10+,24-12-. The van der Waals surface area contributed by atoms with Crippen LogP contribution in [0.1, 0.15) is 18.1 Å². The first-order chi connectivity index (χ1) is 12.3. The number of nitrogens with zero attached hydrogens (tertiary/aromatic N) is 1. The average molecular weight is 361 g/mol. The van der Waals surface area contributed by atoms with Crippen LogP contribution in [-0.4, -0.2) is 18.7 Å². The molecule has 0 aliphatic heterocycles. The summed E-state index contributed by atoms with van der Waals surface area (Å²) in [4.78, 5) is 11.7. The summed E-state index contributed by atoms with van der Waals surface area (Å²) in [6.07, 6.45) is -1.03. The summed E-state index contributed by atoms with van der Waals surface area (Å²) in [7, 11) is 0. The Bertz CT molecular complexity index is 799. The second kappa shape index (κ2) is 8.84. The van der Waals surface area contributed by atoms with Crippen molar-refractivity contribution in [1.29, 1.82) is 0 Å². The van der Waals surface area contributed by atoms with Gasteiger partial charge in [0.05, 0.1) is 18.3 Å². The molecule has 0 heterocycles. The molecule has 0 spiro atoms. The maximum atomic E-state index is 12.6. The molecule has 4 nitrogen and oxygen atoms in total. The minimum atomic E-state index is -4.42. The van der Waals surface area contributed by atoms with Crippen LogP contribution >= 0.6 is 0 Å². The third kappa shape index (κ3) is 6.43. The molecule has 2 aromatic rings. The third-order valence-corrected chi connectivity index (χ3v) is 3.29. The maximum Gasteiger partial charge on any atom is 0.416 e. The minimum absolute atomic E-state index is 0.194. The Morgan fingerprint density at radius 1 is 1.12 bits per heavy atom. The molecule has 0 aliphatic rings. The van der Waals surface area contributed by atoms with Crippen molar-refractivity contribution in [2.75, 3.05) is 11.9 Å². The average Bonchev–Trinajstić information content (AvgIpc) is 2.60. The van der Waals surface area contributed by atoms with Crippen molar-refractivity contribution in [3.63, 3.8) is 0 Å². The summed E-state index contributed by atoms with van der Waals surface area (Å²) in [6, 6.07) is 14.3. The second-order valence-corrected chi connectivity index (χ2v) is 5.52. The molecule has 0 unspecified atom stereocenters. The topological polar surface area (TPSA) is 53.5 Å². The van der Waals surface area contributed by atoms with E-state index in [1.54, 1.807) is 0 Å². The molecule has 2 aromatic carbocycles. The largest absolute Gasteiger partial charge is 0.416 e. The fourth-order valence-electron chi connectivity index (χ4n) is 2.08. The number of carbonyl (C=O) groups excluding carboxylic acids is 1. The van der Waals surface area contributed by atoms with E-state index in [4.69, 9.17) is 0 Å². The fraction of sp³-hybridized carbons (Fsp3) is 0.158. The molecule has 0 bridgehead atoms. The minimum Gasteiger partial charge on any atom is -0.376 e. The maximum absolute atomic E-state index is 12.6. The molecule has 0 aromatic heterocycles. The number of anilines is 1. The van der Waals surface area contributed by atoms with Crippen LogP contribution in [-0.2, 0) is 11.0 Å². The number of amides is 1. The number of benzene rings is 2. The van der Waals surface area contributed by atoms with E-state index >= 15 is 0 Å². The zero-order valence-corrected chi connectivity index (χ0v) is 14.0. The molecule has 0 saturated carbocycles. The Kier molecular flexibility index (Phi) is 6.54. The van der Waals surface area contributed by atoms with Gasteiger partial charge >= 0.3 is 6.18 Å². The predicted octanol–water partition coefficient (Wildman–Crippen LogP) is 4.32. The van der Waals surface area contributed by atoms with Crippen LogP contribution in [0.25, 0.3) is 6.08 Å². The number of allylic oxidation sites excluding steroid dienone is 1. The summed E-state index contributed by atoms with van der Waals surface area (Å²) in [6.45, 7) is 1.64. The van der Waals surface area contributed by atoms with Crippen molar-refractivity contribution in [1.82, 2.24) is 5.43 Å². The first-order valence-corrected chi connectivity index (χ1v) is 7.81. The van der Waals surface area contributed by atoms with Gasteiger partial charge in [-0.1, -0.05) is 42.5 Å².